The van der Waals surface area contributed by atoms with E-state index >= 15 is 0 Å². The first-order valence-corrected chi connectivity index (χ1v) is 9.83. The fourth-order valence-corrected chi connectivity index (χ4v) is 4.27. The van der Waals surface area contributed by atoms with Crippen LogP contribution in [0.5, 0.6) is 0 Å². The zero-order chi connectivity index (χ0) is 19.0. The average Bonchev–Trinajstić information content (AvgIpc) is 2.72. The summed E-state index contributed by atoms with van der Waals surface area (Å²) < 4.78 is 0. The van der Waals surface area contributed by atoms with E-state index in [1.54, 1.807) is 0 Å². The highest BCUT2D eigenvalue weighted by Gasteiger charge is 2.16. The Labute approximate surface area is 161 Å². The fraction of sp³-hybridized carbons (Fsp3) is 0.185. The Bertz CT molecular complexity index is 1220. The molecule has 0 aromatic heterocycles. The van der Waals surface area contributed by atoms with Gasteiger partial charge in [-0.1, -0.05) is 85.3 Å². The minimum atomic E-state index is 1.06. The number of hydrogen-bond donors (Lipinski definition) is 0. The van der Waals surface area contributed by atoms with Crippen molar-refractivity contribution in [2.24, 2.45) is 0 Å². The first-order valence-electron chi connectivity index (χ1n) is 9.83. The molecule has 4 aromatic rings. The minimum Gasteiger partial charge on any atom is -0.0870 e. The van der Waals surface area contributed by atoms with Crippen molar-refractivity contribution in [2.45, 2.75) is 34.1 Å². The van der Waals surface area contributed by atoms with Gasteiger partial charge in [0.1, 0.15) is 0 Å². The normalized spacial score (nSPS) is 13.0. The standard InChI is InChI=1S/C27H26/c1-5-11-21(18(3)6-2)26-19(4)22-17-16-20-12-7-8-13-23(20)27(22)25-15-10-9-14-24(25)26/h5,7-17H,6H2,1-4H3/b11-5-,21-18+. The van der Waals surface area contributed by atoms with Crippen molar-refractivity contribution in [2.75, 3.05) is 0 Å². The van der Waals surface area contributed by atoms with E-state index in [2.05, 4.69) is 101 Å². The highest BCUT2D eigenvalue weighted by molar-refractivity contribution is 6.23. The number of allylic oxidation sites excluding steroid dienone is 4. The summed E-state index contributed by atoms with van der Waals surface area (Å²) in [4.78, 5) is 0. The third-order valence-corrected chi connectivity index (χ3v) is 5.77. The Morgan fingerprint density at radius 1 is 0.815 bits per heavy atom. The smallest absolute Gasteiger partial charge is 0.00237 e. The molecule has 0 unspecified atom stereocenters. The summed E-state index contributed by atoms with van der Waals surface area (Å²) in [7, 11) is 0. The molecule has 4 rings (SSSR count). The van der Waals surface area contributed by atoms with Crippen molar-refractivity contribution >= 4 is 37.9 Å². The number of rotatable bonds is 3. The Morgan fingerprint density at radius 3 is 2.19 bits per heavy atom. The van der Waals surface area contributed by atoms with E-state index in [-0.39, 0.29) is 0 Å². The van der Waals surface area contributed by atoms with E-state index in [1.807, 2.05) is 0 Å². The highest BCUT2D eigenvalue weighted by atomic mass is 14.2. The molecule has 0 nitrogen and oxygen atoms in total. The van der Waals surface area contributed by atoms with E-state index in [9.17, 15) is 0 Å². The number of fused-ring (bicyclic) bond motifs is 5. The molecule has 0 radical (unpaired) electrons. The average molecular weight is 351 g/mol. The van der Waals surface area contributed by atoms with Crippen LogP contribution in [0.3, 0.4) is 0 Å². The Morgan fingerprint density at radius 2 is 1.48 bits per heavy atom. The summed E-state index contributed by atoms with van der Waals surface area (Å²) in [5.41, 5.74) is 5.55. The van der Waals surface area contributed by atoms with Gasteiger partial charge in [0.25, 0.3) is 0 Å². The second-order valence-corrected chi connectivity index (χ2v) is 7.30. The summed E-state index contributed by atoms with van der Waals surface area (Å²) in [6.45, 7) is 8.89. The van der Waals surface area contributed by atoms with E-state index in [4.69, 9.17) is 0 Å². The zero-order valence-corrected chi connectivity index (χ0v) is 16.6. The molecule has 0 fully saturated rings. The van der Waals surface area contributed by atoms with Crippen molar-refractivity contribution in [1.29, 1.82) is 0 Å². The molecule has 0 atom stereocenters. The molecular formula is C27H26. The minimum absolute atomic E-state index is 1.06. The monoisotopic (exact) mass is 350 g/mol. The van der Waals surface area contributed by atoms with Gasteiger partial charge in [-0.25, -0.2) is 0 Å². The fourth-order valence-electron chi connectivity index (χ4n) is 4.27. The van der Waals surface area contributed by atoms with Gasteiger partial charge in [0.15, 0.2) is 0 Å². The van der Waals surface area contributed by atoms with Crippen LogP contribution in [0.1, 0.15) is 38.3 Å². The summed E-state index contributed by atoms with van der Waals surface area (Å²) in [6, 6.07) is 22.2. The van der Waals surface area contributed by atoms with Gasteiger partial charge in [-0.3, -0.25) is 0 Å². The van der Waals surface area contributed by atoms with Crippen LogP contribution < -0.4 is 0 Å². The van der Waals surface area contributed by atoms with E-state index in [0.29, 0.717) is 0 Å². The van der Waals surface area contributed by atoms with Crippen LogP contribution in [0.4, 0.5) is 0 Å². The Hall–Kier alpha value is -2.86. The SMILES string of the molecule is C/C=C\C(=C(\C)CC)c1c(C)c2ccc3ccccc3c2c2ccccc12. The molecule has 27 heavy (non-hydrogen) atoms. The van der Waals surface area contributed by atoms with Gasteiger partial charge in [0.05, 0.1) is 0 Å². The lowest BCUT2D eigenvalue weighted by Gasteiger charge is -2.19. The van der Waals surface area contributed by atoms with Crippen LogP contribution in [0.25, 0.3) is 37.9 Å². The molecule has 0 aliphatic heterocycles. The van der Waals surface area contributed by atoms with Crippen LogP contribution in [0.2, 0.25) is 0 Å². The van der Waals surface area contributed by atoms with Crippen LogP contribution in [-0.2, 0) is 0 Å². The first-order chi connectivity index (χ1) is 13.2. The molecule has 0 N–H and O–H groups in total. The van der Waals surface area contributed by atoms with Gasteiger partial charge in [0.2, 0.25) is 0 Å². The van der Waals surface area contributed by atoms with Crippen molar-refractivity contribution in [3.8, 4) is 0 Å². The quantitative estimate of drug-likeness (QED) is 0.258. The number of benzene rings is 4. The molecule has 0 aliphatic rings. The second kappa shape index (κ2) is 7.04. The van der Waals surface area contributed by atoms with Crippen molar-refractivity contribution in [3.63, 3.8) is 0 Å². The predicted molar refractivity (Wildman–Crippen MR) is 121 cm³/mol. The summed E-state index contributed by atoms with van der Waals surface area (Å²) in [6.07, 6.45) is 5.50. The molecular weight excluding hydrogens is 324 g/mol. The van der Waals surface area contributed by atoms with Crippen molar-refractivity contribution in [3.05, 3.63) is 89.5 Å². The van der Waals surface area contributed by atoms with Gasteiger partial charge in [-0.2, -0.15) is 0 Å². The summed E-state index contributed by atoms with van der Waals surface area (Å²) >= 11 is 0. The Balaban J connectivity index is 2.28. The molecule has 0 heterocycles. The second-order valence-electron chi connectivity index (χ2n) is 7.30. The molecule has 0 heteroatoms. The largest absolute Gasteiger partial charge is 0.0870 e. The molecule has 0 amide bonds. The number of hydrogen-bond acceptors (Lipinski definition) is 0. The van der Waals surface area contributed by atoms with E-state index in [0.717, 1.165) is 6.42 Å². The third kappa shape index (κ3) is 2.77. The molecule has 0 bridgehead atoms. The van der Waals surface area contributed by atoms with Crippen molar-refractivity contribution < 1.29 is 0 Å². The van der Waals surface area contributed by atoms with Gasteiger partial charge >= 0.3 is 0 Å². The van der Waals surface area contributed by atoms with Gasteiger partial charge in [-0.15, -0.1) is 0 Å². The van der Waals surface area contributed by atoms with Gasteiger partial charge in [-0.05, 0) is 76.2 Å². The summed E-state index contributed by atoms with van der Waals surface area (Å²) in [5, 5.41) is 8.06. The van der Waals surface area contributed by atoms with Crippen LogP contribution in [0, 0.1) is 6.92 Å². The third-order valence-electron chi connectivity index (χ3n) is 5.77. The lowest BCUT2D eigenvalue weighted by molar-refractivity contribution is 1.10. The highest BCUT2D eigenvalue weighted by Crippen LogP contribution is 2.40. The maximum absolute atomic E-state index is 2.30. The van der Waals surface area contributed by atoms with Crippen LogP contribution in [0.15, 0.2) is 78.4 Å². The van der Waals surface area contributed by atoms with E-state index in [1.165, 1.54) is 54.6 Å². The lowest BCUT2D eigenvalue weighted by Crippen LogP contribution is -1.95. The van der Waals surface area contributed by atoms with Crippen LogP contribution in [-0.4, -0.2) is 0 Å². The maximum atomic E-state index is 2.30. The van der Waals surface area contributed by atoms with Gasteiger partial charge in [0, 0.05) is 0 Å². The van der Waals surface area contributed by atoms with Crippen LogP contribution >= 0.6 is 0 Å². The summed E-state index contributed by atoms with van der Waals surface area (Å²) in [5.74, 6) is 0. The molecule has 0 spiro atoms. The molecule has 134 valence electrons. The maximum Gasteiger partial charge on any atom is -0.00237 e. The topological polar surface area (TPSA) is 0 Å². The molecule has 0 saturated carbocycles. The Kier molecular flexibility index (Phi) is 4.58. The number of aryl methyl sites for hydroxylation is 1. The molecule has 0 saturated heterocycles. The van der Waals surface area contributed by atoms with E-state index < -0.39 is 0 Å². The predicted octanol–water partition coefficient (Wildman–Crippen LogP) is 8.21. The first kappa shape index (κ1) is 17.5. The lowest BCUT2D eigenvalue weighted by atomic mass is 9.85. The zero-order valence-electron chi connectivity index (χ0n) is 16.6. The molecule has 0 aliphatic carbocycles. The molecule has 4 aromatic carbocycles. The van der Waals surface area contributed by atoms with Crippen molar-refractivity contribution in [1.82, 2.24) is 0 Å². The van der Waals surface area contributed by atoms with Gasteiger partial charge < -0.3 is 0 Å².